The van der Waals surface area contributed by atoms with Crippen LogP contribution in [0, 0.1) is 0 Å². The number of allylic oxidation sites excluding steroid dienone is 13. The zero-order valence-electron chi connectivity index (χ0n) is 36.1. The molecule has 57 heavy (non-hydrogen) atoms. The average molecular weight is 821 g/mol. The topological polar surface area (TPSA) is 129 Å². The summed E-state index contributed by atoms with van der Waals surface area (Å²) >= 11 is 0. The number of unbranched alkanes of at least 4 members (excludes halogenated alkanes) is 8. The first-order valence-electron chi connectivity index (χ1n) is 21.4. The molecule has 0 rings (SSSR count). The van der Waals surface area contributed by atoms with Gasteiger partial charge in [-0.05, 0) is 77.0 Å². The van der Waals surface area contributed by atoms with Gasteiger partial charge in [-0.2, -0.15) is 0 Å². The molecule has 0 radical (unpaired) electrons. The van der Waals surface area contributed by atoms with E-state index in [4.69, 9.17) is 18.5 Å². The minimum absolute atomic E-state index is 0.00357. The van der Waals surface area contributed by atoms with Crippen LogP contribution in [0.4, 0.5) is 0 Å². The van der Waals surface area contributed by atoms with Crippen LogP contribution in [-0.2, 0) is 32.7 Å². The molecule has 0 spiro atoms. The van der Waals surface area contributed by atoms with E-state index in [1.54, 1.807) is 12.2 Å². The third-order valence-corrected chi connectivity index (χ3v) is 9.50. The fourth-order valence-corrected chi connectivity index (χ4v) is 5.87. The van der Waals surface area contributed by atoms with Crippen molar-refractivity contribution in [2.45, 2.75) is 148 Å². The number of phosphoric acid groups is 1. The highest BCUT2D eigenvalue weighted by atomic mass is 31.2. The molecule has 11 heteroatoms. The number of hydrogen-bond acceptors (Lipinski definition) is 8. The molecule has 1 unspecified atom stereocenters. The fraction of sp³-hybridized carbons (Fsp3) is 0.652. The molecule has 0 aromatic rings. The van der Waals surface area contributed by atoms with Crippen molar-refractivity contribution < 1.29 is 47.2 Å². The molecule has 0 saturated carbocycles. The van der Waals surface area contributed by atoms with Crippen LogP contribution in [0.5, 0.6) is 0 Å². The van der Waals surface area contributed by atoms with Gasteiger partial charge in [-0.15, -0.1) is 0 Å². The molecule has 0 aromatic carbocycles. The first-order valence-corrected chi connectivity index (χ1v) is 22.9. The van der Waals surface area contributed by atoms with Crippen LogP contribution in [0.15, 0.2) is 85.1 Å². The van der Waals surface area contributed by atoms with Gasteiger partial charge >= 0.3 is 19.8 Å². The minimum Gasteiger partial charge on any atom is -0.462 e. The summed E-state index contributed by atoms with van der Waals surface area (Å²) in [5.74, 6) is -1.03. The summed E-state index contributed by atoms with van der Waals surface area (Å²) in [6.07, 6.45) is 43.8. The van der Waals surface area contributed by atoms with Gasteiger partial charge in [0.05, 0.1) is 33.9 Å². The van der Waals surface area contributed by atoms with Gasteiger partial charge in [-0.3, -0.25) is 18.6 Å². The van der Waals surface area contributed by atoms with Crippen LogP contribution in [0.2, 0.25) is 0 Å². The van der Waals surface area contributed by atoms with Crippen molar-refractivity contribution in [3.05, 3.63) is 85.1 Å². The van der Waals surface area contributed by atoms with Gasteiger partial charge in [0.15, 0.2) is 6.10 Å². The van der Waals surface area contributed by atoms with E-state index in [2.05, 4.69) is 74.6 Å². The molecule has 10 nitrogen and oxygen atoms in total. The fourth-order valence-electron chi connectivity index (χ4n) is 5.13. The largest absolute Gasteiger partial charge is 0.472 e. The summed E-state index contributed by atoms with van der Waals surface area (Å²) in [5.41, 5.74) is 0. The maximum Gasteiger partial charge on any atom is 0.472 e. The zero-order chi connectivity index (χ0) is 42.3. The lowest BCUT2D eigenvalue weighted by molar-refractivity contribution is -0.870. The number of esters is 2. The van der Waals surface area contributed by atoms with Gasteiger partial charge in [0.2, 0.25) is 0 Å². The second-order valence-electron chi connectivity index (χ2n) is 15.2. The van der Waals surface area contributed by atoms with E-state index in [1.165, 1.54) is 19.3 Å². The number of carbonyl (C=O) groups is 2. The van der Waals surface area contributed by atoms with E-state index < -0.39 is 38.6 Å². The predicted octanol–water partition coefficient (Wildman–Crippen LogP) is 11.0. The van der Waals surface area contributed by atoms with Gasteiger partial charge < -0.3 is 24.0 Å². The van der Waals surface area contributed by atoms with Crippen LogP contribution in [-0.4, -0.2) is 86.1 Å². The SMILES string of the molecule is CC/C=C\C/C=C\C/C=C\CCCCCCCC(=O)OC[C@H](COP(=O)(O)OCC[N+](C)(C)C)OC(=O)CCC[C@@H](O)/C=C/C=C\C/C=C\C/C=C\CCCCC. The quantitative estimate of drug-likeness (QED) is 0.0157. The number of likely N-dealkylation sites (N-methyl/N-ethyl adjacent to an activating group) is 1. The molecule has 0 bridgehead atoms. The van der Waals surface area contributed by atoms with Gasteiger partial charge in [0.25, 0.3) is 0 Å². The summed E-state index contributed by atoms with van der Waals surface area (Å²) in [7, 11) is 1.33. The normalized spacial score (nSPS) is 15.0. The molecular weight excluding hydrogens is 741 g/mol. The maximum absolute atomic E-state index is 12.7. The molecule has 3 atom stereocenters. The Morgan fingerprint density at radius 3 is 1.84 bits per heavy atom. The van der Waals surface area contributed by atoms with Gasteiger partial charge in [-0.1, -0.05) is 131 Å². The number of hydrogen-bond donors (Lipinski definition) is 2. The molecule has 0 aromatic heterocycles. The lowest BCUT2D eigenvalue weighted by Crippen LogP contribution is -2.37. The second kappa shape index (κ2) is 37.4. The number of carbonyl (C=O) groups excluding carboxylic acids is 2. The number of aliphatic hydroxyl groups is 1. The molecular formula is C46H79NO9P+. The Morgan fingerprint density at radius 2 is 1.21 bits per heavy atom. The van der Waals surface area contributed by atoms with E-state index >= 15 is 0 Å². The maximum atomic E-state index is 12.7. The van der Waals surface area contributed by atoms with Crippen molar-refractivity contribution in [3.8, 4) is 0 Å². The van der Waals surface area contributed by atoms with E-state index in [0.717, 1.165) is 70.6 Å². The summed E-state index contributed by atoms with van der Waals surface area (Å²) in [6, 6.07) is 0. The van der Waals surface area contributed by atoms with Gasteiger partial charge in [-0.25, -0.2) is 4.57 Å². The number of phosphoric ester groups is 1. The second-order valence-corrected chi connectivity index (χ2v) is 16.6. The average Bonchev–Trinajstić information content (AvgIpc) is 3.15. The van der Waals surface area contributed by atoms with Gasteiger partial charge in [0.1, 0.15) is 19.8 Å². The van der Waals surface area contributed by atoms with Crippen molar-refractivity contribution in [1.29, 1.82) is 0 Å². The van der Waals surface area contributed by atoms with E-state index in [9.17, 15) is 24.2 Å². The molecule has 0 aliphatic rings. The molecule has 326 valence electrons. The smallest absolute Gasteiger partial charge is 0.462 e. The Kier molecular flexibility index (Phi) is 35.6. The Bertz CT molecular complexity index is 1260. The third kappa shape index (κ3) is 41.1. The summed E-state index contributed by atoms with van der Waals surface area (Å²) in [6.45, 7) is 4.00. The number of nitrogens with zero attached hydrogens (tertiary/aromatic N) is 1. The monoisotopic (exact) mass is 821 g/mol. The molecule has 2 N–H and O–H groups in total. The van der Waals surface area contributed by atoms with Crippen molar-refractivity contribution in [3.63, 3.8) is 0 Å². The van der Waals surface area contributed by atoms with Crippen molar-refractivity contribution in [2.75, 3.05) is 47.5 Å². The molecule has 0 amide bonds. The Hall–Kier alpha value is -2.85. The highest BCUT2D eigenvalue weighted by Crippen LogP contribution is 2.43. The highest BCUT2D eigenvalue weighted by Gasteiger charge is 2.27. The van der Waals surface area contributed by atoms with Crippen LogP contribution in [0.3, 0.4) is 0 Å². The number of ether oxygens (including phenoxy) is 2. The molecule has 0 fully saturated rings. The summed E-state index contributed by atoms with van der Waals surface area (Å²) in [5, 5.41) is 10.3. The van der Waals surface area contributed by atoms with E-state index in [1.807, 2.05) is 33.3 Å². The predicted molar refractivity (Wildman–Crippen MR) is 235 cm³/mol. The summed E-state index contributed by atoms with van der Waals surface area (Å²) < 4.78 is 34.1. The van der Waals surface area contributed by atoms with Crippen molar-refractivity contribution in [1.82, 2.24) is 0 Å². The van der Waals surface area contributed by atoms with Gasteiger partial charge in [0, 0.05) is 12.8 Å². The lowest BCUT2D eigenvalue weighted by atomic mass is 10.1. The number of aliphatic hydroxyl groups excluding tert-OH is 1. The standard InChI is InChI=1S/C46H78NO9P/c1-6-8-10-12-14-16-18-20-21-23-25-27-29-31-33-37-45(49)53-41-44(42-55-57(51,52)54-40-39-47(3,4)5)56-46(50)38-34-36-43(48)35-32-30-28-26-24-22-19-17-15-13-11-9-7-2/h8,10,14-17,20-22,24,28,30,32,35,43-44,48H,6-7,9,11-13,18-19,23,25-27,29,31,33-34,36-42H2,1-5H3/p+1/b10-8-,16-14-,17-15-,21-20-,24-22-,30-28-,35-32+/t43-,44+/m0/s1. The van der Waals surface area contributed by atoms with Crippen molar-refractivity contribution in [2.24, 2.45) is 0 Å². The summed E-state index contributed by atoms with van der Waals surface area (Å²) in [4.78, 5) is 35.3. The molecule has 0 saturated heterocycles. The Morgan fingerprint density at radius 1 is 0.649 bits per heavy atom. The zero-order valence-corrected chi connectivity index (χ0v) is 37.0. The van der Waals surface area contributed by atoms with E-state index in [-0.39, 0.29) is 26.1 Å². The molecule has 0 aliphatic heterocycles. The molecule has 0 aliphatic carbocycles. The first kappa shape index (κ1) is 54.2. The first-order chi connectivity index (χ1) is 27.4. The van der Waals surface area contributed by atoms with Crippen molar-refractivity contribution >= 4 is 19.8 Å². The lowest BCUT2D eigenvalue weighted by Gasteiger charge is -2.24. The highest BCUT2D eigenvalue weighted by molar-refractivity contribution is 7.47. The van der Waals surface area contributed by atoms with Crippen LogP contribution in [0.1, 0.15) is 136 Å². The number of quaternary nitrogens is 1. The Labute approximate surface area is 346 Å². The molecule has 0 heterocycles. The number of rotatable bonds is 37. The third-order valence-electron chi connectivity index (χ3n) is 8.51. The minimum atomic E-state index is -4.44. The Balaban J connectivity index is 4.63. The van der Waals surface area contributed by atoms with Crippen LogP contribution >= 0.6 is 7.82 Å². The van der Waals surface area contributed by atoms with E-state index in [0.29, 0.717) is 30.3 Å². The van der Waals surface area contributed by atoms with Crippen LogP contribution < -0.4 is 0 Å². The van der Waals surface area contributed by atoms with Crippen LogP contribution in [0.25, 0.3) is 0 Å².